The van der Waals surface area contributed by atoms with Crippen molar-refractivity contribution in [2.45, 2.75) is 42.9 Å². The summed E-state index contributed by atoms with van der Waals surface area (Å²) in [6.07, 6.45) is 4.68. The van der Waals surface area contributed by atoms with Gasteiger partial charge in [0.25, 0.3) is 5.91 Å². The van der Waals surface area contributed by atoms with Gasteiger partial charge in [-0.1, -0.05) is 11.8 Å². The molecule has 3 aromatic rings. The van der Waals surface area contributed by atoms with E-state index >= 15 is 0 Å². The Morgan fingerprint density at radius 2 is 2.21 bits per heavy atom. The molecule has 1 aliphatic heterocycles. The first kappa shape index (κ1) is 20.3. The molecule has 0 saturated carbocycles. The highest BCUT2D eigenvalue weighted by Crippen LogP contribution is 2.32. The van der Waals surface area contributed by atoms with Crippen molar-refractivity contribution >= 4 is 44.9 Å². The SMILES string of the molecule is CC(C)(C(=O)Nc1ccc2nc(SCCC3OCCCO3)sc2c1)n1cncn1. The second kappa shape index (κ2) is 8.78. The molecule has 0 atom stereocenters. The summed E-state index contributed by atoms with van der Waals surface area (Å²) in [6, 6.07) is 5.76. The van der Waals surface area contributed by atoms with Crippen LogP contribution in [0.4, 0.5) is 5.69 Å². The van der Waals surface area contributed by atoms with E-state index in [1.165, 1.54) is 6.33 Å². The largest absolute Gasteiger partial charge is 0.353 e. The lowest BCUT2D eigenvalue weighted by atomic mass is 10.1. The number of thiazole rings is 1. The molecule has 1 aromatic carbocycles. The number of aromatic nitrogens is 4. The zero-order valence-corrected chi connectivity index (χ0v) is 18.0. The van der Waals surface area contributed by atoms with E-state index in [9.17, 15) is 4.79 Å². The number of carbonyl (C=O) groups excluding carboxylic acids is 1. The Labute approximate surface area is 177 Å². The molecular weight excluding hydrogens is 410 g/mol. The molecule has 29 heavy (non-hydrogen) atoms. The minimum atomic E-state index is -0.844. The molecule has 10 heteroatoms. The standard InChI is InChI=1S/C19H23N5O3S2/c1-19(2,24-12-20-11-21-24)17(25)22-13-4-5-14-15(10-13)29-18(23-14)28-9-6-16-26-7-3-8-27-16/h4-5,10-12,16H,3,6-9H2,1-2H3,(H,22,25). The fourth-order valence-corrected chi connectivity index (χ4v) is 5.01. The molecule has 1 saturated heterocycles. The molecule has 0 radical (unpaired) electrons. The molecule has 3 heterocycles. The summed E-state index contributed by atoms with van der Waals surface area (Å²) in [7, 11) is 0. The molecule has 0 bridgehead atoms. The number of hydrogen-bond donors (Lipinski definition) is 1. The maximum absolute atomic E-state index is 12.7. The van der Waals surface area contributed by atoms with Crippen LogP contribution in [-0.4, -0.2) is 50.9 Å². The van der Waals surface area contributed by atoms with Crippen molar-refractivity contribution in [1.82, 2.24) is 19.7 Å². The summed E-state index contributed by atoms with van der Waals surface area (Å²) >= 11 is 3.33. The molecule has 4 rings (SSSR count). The van der Waals surface area contributed by atoms with E-state index in [-0.39, 0.29) is 12.2 Å². The lowest BCUT2D eigenvalue weighted by Crippen LogP contribution is -2.40. The second-order valence-corrected chi connectivity index (χ2v) is 9.55. The van der Waals surface area contributed by atoms with Crippen molar-refractivity contribution in [2.75, 3.05) is 24.3 Å². The fourth-order valence-electron chi connectivity index (χ4n) is 2.87. The third kappa shape index (κ3) is 4.77. The van der Waals surface area contributed by atoms with Crippen molar-refractivity contribution in [1.29, 1.82) is 0 Å². The molecule has 0 unspecified atom stereocenters. The molecule has 1 amide bonds. The number of fused-ring (bicyclic) bond motifs is 1. The Kier molecular flexibility index (Phi) is 6.14. The van der Waals surface area contributed by atoms with Crippen LogP contribution in [0.2, 0.25) is 0 Å². The number of nitrogens with one attached hydrogen (secondary N) is 1. The Balaban J connectivity index is 1.38. The molecule has 2 aromatic heterocycles. The van der Waals surface area contributed by atoms with E-state index in [2.05, 4.69) is 20.4 Å². The number of thioether (sulfide) groups is 1. The van der Waals surface area contributed by atoms with Gasteiger partial charge in [-0.2, -0.15) is 5.10 Å². The number of ether oxygens (including phenoxy) is 2. The van der Waals surface area contributed by atoms with Gasteiger partial charge in [0.05, 0.1) is 23.4 Å². The minimum Gasteiger partial charge on any atom is -0.353 e. The lowest BCUT2D eigenvalue weighted by molar-refractivity contribution is -0.178. The van der Waals surface area contributed by atoms with Gasteiger partial charge in [0.15, 0.2) is 10.6 Å². The van der Waals surface area contributed by atoms with E-state index in [0.717, 1.165) is 52.1 Å². The molecule has 1 aliphatic rings. The molecule has 8 nitrogen and oxygen atoms in total. The van der Waals surface area contributed by atoms with Crippen molar-refractivity contribution in [3.05, 3.63) is 30.9 Å². The first-order chi connectivity index (χ1) is 14.0. The zero-order valence-electron chi connectivity index (χ0n) is 16.3. The Bertz CT molecular complexity index is 968. The average molecular weight is 434 g/mol. The summed E-state index contributed by atoms with van der Waals surface area (Å²) in [6.45, 7) is 5.16. The van der Waals surface area contributed by atoms with Gasteiger partial charge in [0, 0.05) is 17.9 Å². The molecule has 0 aliphatic carbocycles. The van der Waals surface area contributed by atoms with Crippen LogP contribution in [0.15, 0.2) is 35.2 Å². The normalized spacial score (nSPS) is 15.7. The smallest absolute Gasteiger partial charge is 0.251 e. The number of nitrogens with zero attached hydrogens (tertiary/aromatic N) is 4. The van der Waals surface area contributed by atoms with Gasteiger partial charge < -0.3 is 14.8 Å². The maximum Gasteiger partial charge on any atom is 0.251 e. The van der Waals surface area contributed by atoms with Crippen LogP contribution >= 0.6 is 23.1 Å². The van der Waals surface area contributed by atoms with Crippen LogP contribution in [0.3, 0.4) is 0 Å². The Morgan fingerprint density at radius 1 is 1.38 bits per heavy atom. The third-order valence-electron chi connectivity index (χ3n) is 4.65. The van der Waals surface area contributed by atoms with Crippen molar-refractivity contribution in [3.63, 3.8) is 0 Å². The minimum absolute atomic E-state index is 0.0965. The van der Waals surface area contributed by atoms with Crippen LogP contribution in [0.25, 0.3) is 10.2 Å². The number of amides is 1. The summed E-state index contributed by atoms with van der Waals surface area (Å²) in [5.74, 6) is 0.731. The fraction of sp³-hybridized carbons (Fsp3) is 0.474. The van der Waals surface area contributed by atoms with Gasteiger partial charge in [0.2, 0.25) is 0 Å². The first-order valence-electron chi connectivity index (χ1n) is 9.45. The Morgan fingerprint density at radius 3 is 2.97 bits per heavy atom. The maximum atomic E-state index is 12.7. The highest BCUT2D eigenvalue weighted by Gasteiger charge is 2.30. The van der Waals surface area contributed by atoms with Gasteiger partial charge in [-0.15, -0.1) is 11.3 Å². The van der Waals surface area contributed by atoms with Crippen molar-refractivity contribution in [2.24, 2.45) is 0 Å². The molecular formula is C19H23N5O3S2. The van der Waals surface area contributed by atoms with E-state index in [0.29, 0.717) is 0 Å². The number of benzene rings is 1. The predicted molar refractivity (Wildman–Crippen MR) is 113 cm³/mol. The van der Waals surface area contributed by atoms with Crippen LogP contribution < -0.4 is 5.32 Å². The van der Waals surface area contributed by atoms with Gasteiger partial charge in [-0.05, 0) is 38.5 Å². The van der Waals surface area contributed by atoms with E-state index in [1.54, 1.807) is 48.0 Å². The molecule has 1 fully saturated rings. The number of carbonyl (C=O) groups is 1. The summed E-state index contributed by atoms with van der Waals surface area (Å²) in [5, 5.41) is 7.05. The second-order valence-electron chi connectivity index (χ2n) is 7.18. The van der Waals surface area contributed by atoms with Crippen LogP contribution in [0, 0.1) is 0 Å². The monoisotopic (exact) mass is 433 g/mol. The van der Waals surface area contributed by atoms with Crippen molar-refractivity contribution < 1.29 is 14.3 Å². The number of rotatable bonds is 7. The summed E-state index contributed by atoms with van der Waals surface area (Å²) in [4.78, 5) is 21.3. The highest BCUT2D eigenvalue weighted by atomic mass is 32.2. The third-order valence-corrected chi connectivity index (χ3v) is 6.84. The van der Waals surface area contributed by atoms with E-state index in [1.807, 2.05) is 18.2 Å². The summed E-state index contributed by atoms with van der Waals surface area (Å²) < 4.78 is 14.7. The predicted octanol–water partition coefficient (Wildman–Crippen LogP) is 3.51. The van der Waals surface area contributed by atoms with Gasteiger partial charge in [-0.3, -0.25) is 4.79 Å². The van der Waals surface area contributed by atoms with E-state index in [4.69, 9.17) is 9.47 Å². The number of anilines is 1. The quantitative estimate of drug-likeness (QED) is 0.570. The van der Waals surface area contributed by atoms with Gasteiger partial charge in [-0.25, -0.2) is 14.6 Å². The average Bonchev–Trinajstić information content (AvgIpc) is 3.38. The molecule has 0 spiro atoms. The highest BCUT2D eigenvalue weighted by molar-refractivity contribution is 8.01. The molecule has 154 valence electrons. The topological polar surface area (TPSA) is 91.2 Å². The van der Waals surface area contributed by atoms with Crippen LogP contribution in [-0.2, 0) is 19.8 Å². The number of hydrogen-bond acceptors (Lipinski definition) is 8. The lowest BCUT2D eigenvalue weighted by Gasteiger charge is -2.23. The van der Waals surface area contributed by atoms with Crippen molar-refractivity contribution in [3.8, 4) is 0 Å². The Hall–Kier alpha value is -2.01. The molecule has 1 N–H and O–H groups in total. The van der Waals surface area contributed by atoms with Gasteiger partial charge in [0.1, 0.15) is 18.2 Å². The van der Waals surface area contributed by atoms with Gasteiger partial charge >= 0.3 is 0 Å². The van der Waals surface area contributed by atoms with Crippen LogP contribution in [0.5, 0.6) is 0 Å². The van der Waals surface area contributed by atoms with E-state index < -0.39 is 5.54 Å². The summed E-state index contributed by atoms with van der Waals surface area (Å²) in [5.41, 5.74) is 0.819. The first-order valence-corrected chi connectivity index (χ1v) is 11.3. The zero-order chi connectivity index (χ0) is 20.3. The van der Waals surface area contributed by atoms with Crippen LogP contribution in [0.1, 0.15) is 26.7 Å².